The molecule has 0 aliphatic rings. The van der Waals surface area contributed by atoms with Crippen LogP contribution in [0.5, 0.6) is 5.75 Å². The molecular weight excluding hydrogens is 341 g/mol. The van der Waals surface area contributed by atoms with Crippen molar-refractivity contribution in [1.82, 2.24) is 9.97 Å². The summed E-state index contributed by atoms with van der Waals surface area (Å²) in [6.07, 6.45) is 4.45. The second-order valence-electron chi connectivity index (χ2n) is 6.60. The first-order valence-electron chi connectivity index (χ1n) is 9.16. The monoisotopic (exact) mass is 363 g/mol. The Morgan fingerprint density at radius 2 is 1.93 bits per heavy atom. The van der Waals surface area contributed by atoms with Crippen LogP contribution in [0.1, 0.15) is 18.4 Å². The molecule has 4 aromatic rings. The zero-order valence-electron chi connectivity index (χ0n) is 15.3. The third kappa shape index (κ3) is 3.04. The van der Waals surface area contributed by atoms with Crippen molar-refractivity contribution < 1.29 is 9.13 Å². The van der Waals surface area contributed by atoms with Crippen molar-refractivity contribution in [3.05, 3.63) is 60.0 Å². The van der Waals surface area contributed by atoms with Crippen LogP contribution in [0.3, 0.4) is 0 Å². The van der Waals surface area contributed by atoms with Gasteiger partial charge in [0.2, 0.25) is 0 Å². The van der Waals surface area contributed by atoms with Gasteiger partial charge in [-0.2, -0.15) is 0 Å². The fraction of sp³-hybridized carbons (Fsp3) is 0.227. The Labute approximate surface area is 157 Å². The molecule has 0 unspecified atom stereocenters. The number of nitrogens with one attached hydrogen (secondary N) is 1. The molecule has 4 rings (SSSR count). The minimum Gasteiger partial charge on any atom is -0.496 e. The van der Waals surface area contributed by atoms with Crippen molar-refractivity contribution >= 4 is 21.8 Å². The maximum Gasteiger partial charge on any atom is 0.147 e. The van der Waals surface area contributed by atoms with Gasteiger partial charge in [0.25, 0.3) is 0 Å². The molecule has 0 spiro atoms. The van der Waals surface area contributed by atoms with Gasteiger partial charge in [-0.05, 0) is 55.6 Å². The van der Waals surface area contributed by atoms with Crippen LogP contribution in [0.25, 0.3) is 33.1 Å². The fourth-order valence-corrected chi connectivity index (χ4v) is 3.72. The van der Waals surface area contributed by atoms with E-state index in [2.05, 4.69) is 9.97 Å². The number of aromatic nitrogens is 2. The second-order valence-corrected chi connectivity index (χ2v) is 6.60. The molecule has 0 atom stereocenters. The van der Waals surface area contributed by atoms with E-state index in [1.807, 2.05) is 30.3 Å². The van der Waals surface area contributed by atoms with E-state index in [-0.39, 0.29) is 5.82 Å². The summed E-state index contributed by atoms with van der Waals surface area (Å²) >= 11 is 0. The maximum absolute atomic E-state index is 14.5. The molecule has 0 amide bonds. The molecule has 138 valence electrons. The van der Waals surface area contributed by atoms with Gasteiger partial charge in [0.1, 0.15) is 11.6 Å². The molecule has 0 fully saturated rings. The molecule has 4 nitrogen and oxygen atoms in total. The number of pyridine rings is 1. The summed E-state index contributed by atoms with van der Waals surface area (Å²) in [7, 11) is 1.65. The lowest BCUT2D eigenvalue weighted by Gasteiger charge is -2.13. The van der Waals surface area contributed by atoms with Crippen LogP contribution in [0.2, 0.25) is 0 Å². The molecule has 2 aromatic heterocycles. The van der Waals surface area contributed by atoms with E-state index in [1.54, 1.807) is 19.4 Å². The number of para-hydroxylation sites is 1. The third-order valence-corrected chi connectivity index (χ3v) is 4.99. The highest BCUT2D eigenvalue weighted by Gasteiger charge is 2.20. The number of nitrogens with zero attached hydrogens (tertiary/aromatic N) is 1. The van der Waals surface area contributed by atoms with Crippen molar-refractivity contribution in [2.75, 3.05) is 13.7 Å². The number of benzene rings is 2. The fourth-order valence-electron chi connectivity index (χ4n) is 3.72. The first-order chi connectivity index (χ1) is 13.2. The van der Waals surface area contributed by atoms with E-state index in [0.29, 0.717) is 12.1 Å². The van der Waals surface area contributed by atoms with Crippen LogP contribution >= 0.6 is 0 Å². The Balaban J connectivity index is 2.02. The highest BCUT2D eigenvalue weighted by Crippen LogP contribution is 2.41. The quantitative estimate of drug-likeness (QED) is 0.483. The van der Waals surface area contributed by atoms with Crippen LogP contribution in [0, 0.1) is 5.82 Å². The number of unbranched alkanes of at least 4 members (excludes halogenated alkanes) is 1. The van der Waals surface area contributed by atoms with Crippen molar-refractivity contribution in [3.8, 4) is 17.0 Å². The molecule has 2 aromatic carbocycles. The lowest BCUT2D eigenvalue weighted by Crippen LogP contribution is -2.00. The van der Waals surface area contributed by atoms with Gasteiger partial charge in [0.05, 0.1) is 23.8 Å². The van der Waals surface area contributed by atoms with E-state index in [4.69, 9.17) is 10.5 Å². The Kier molecular flexibility index (Phi) is 4.77. The van der Waals surface area contributed by atoms with Crippen LogP contribution < -0.4 is 10.5 Å². The highest BCUT2D eigenvalue weighted by atomic mass is 19.1. The number of nitrogens with two attached hydrogens (primary N) is 1. The molecule has 0 radical (unpaired) electrons. The Morgan fingerprint density at radius 3 is 2.74 bits per heavy atom. The summed E-state index contributed by atoms with van der Waals surface area (Å²) < 4.78 is 20.1. The molecule has 3 N–H and O–H groups in total. The van der Waals surface area contributed by atoms with Gasteiger partial charge in [-0.3, -0.25) is 4.98 Å². The Hall–Kier alpha value is -2.92. The van der Waals surface area contributed by atoms with E-state index in [1.165, 1.54) is 6.07 Å². The SMILES string of the molecule is COc1ccc2ncccc2c1-c1[nH]c2c(F)cccc2c1CCCCN. The number of aromatic amines is 1. The first kappa shape index (κ1) is 17.5. The summed E-state index contributed by atoms with van der Waals surface area (Å²) in [6.45, 7) is 0.646. The number of fused-ring (bicyclic) bond motifs is 2. The van der Waals surface area contributed by atoms with Crippen LogP contribution in [-0.4, -0.2) is 23.6 Å². The van der Waals surface area contributed by atoms with Gasteiger partial charge >= 0.3 is 0 Å². The molecule has 0 aliphatic carbocycles. The van der Waals surface area contributed by atoms with Crippen LogP contribution in [0.15, 0.2) is 48.7 Å². The van der Waals surface area contributed by atoms with E-state index >= 15 is 0 Å². The second kappa shape index (κ2) is 7.37. The minimum absolute atomic E-state index is 0.254. The molecule has 0 bridgehead atoms. The number of hydrogen-bond donors (Lipinski definition) is 2. The molecular formula is C22H22FN3O. The minimum atomic E-state index is -0.254. The highest BCUT2D eigenvalue weighted by molar-refractivity contribution is 6.02. The van der Waals surface area contributed by atoms with Crippen LogP contribution in [0.4, 0.5) is 4.39 Å². The molecule has 0 saturated carbocycles. The van der Waals surface area contributed by atoms with Crippen LogP contribution in [-0.2, 0) is 6.42 Å². The molecule has 0 aliphatic heterocycles. The molecule has 0 saturated heterocycles. The topological polar surface area (TPSA) is 63.9 Å². The Bertz CT molecular complexity index is 1100. The standard InChI is InChI=1S/C22H22FN3O/c1-27-19-11-10-18-16(8-5-13-25-18)20(19)22-15(6-2-3-12-24)14-7-4-9-17(23)21(14)26-22/h4-5,7-11,13,26H,2-3,6,12,24H2,1H3. The van der Waals surface area contributed by atoms with Gasteiger partial charge in [0, 0.05) is 22.5 Å². The normalized spacial score (nSPS) is 11.4. The van der Waals surface area contributed by atoms with E-state index in [9.17, 15) is 4.39 Å². The summed E-state index contributed by atoms with van der Waals surface area (Å²) in [5.74, 6) is 0.485. The summed E-state index contributed by atoms with van der Waals surface area (Å²) in [4.78, 5) is 7.79. The van der Waals surface area contributed by atoms with Crippen molar-refractivity contribution in [2.24, 2.45) is 5.73 Å². The van der Waals surface area contributed by atoms with Gasteiger partial charge in [-0.25, -0.2) is 4.39 Å². The van der Waals surface area contributed by atoms with Gasteiger partial charge in [-0.1, -0.05) is 18.2 Å². The lowest BCUT2D eigenvalue weighted by molar-refractivity contribution is 0.417. The number of rotatable bonds is 6. The van der Waals surface area contributed by atoms with Crippen molar-refractivity contribution in [3.63, 3.8) is 0 Å². The molecule has 5 heteroatoms. The maximum atomic E-state index is 14.5. The van der Waals surface area contributed by atoms with E-state index < -0.39 is 0 Å². The lowest BCUT2D eigenvalue weighted by atomic mass is 9.97. The zero-order valence-corrected chi connectivity index (χ0v) is 15.3. The van der Waals surface area contributed by atoms with Gasteiger partial charge in [0.15, 0.2) is 0 Å². The smallest absolute Gasteiger partial charge is 0.147 e. The summed E-state index contributed by atoms with van der Waals surface area (Å²) in [5.41, 5.74) is 9.98. The number of ether oxygens (including phenoxy) is 1. The number of hydrogen-bond acceptors (Lipinski definition) is 3. The predicted molar refractivity (Wildman–Crippen MR) is 108 cm³/mol. The Morgan fingerprint density at radius 1 is 1.07 bits per heavy atom. The van der Waals surface area contributed by atoms with Gasteiger partial charge in [-0.15, -0.1) is 0 Å². The largest absolute Gasteiger partial charge is 0.496 e. The number of aryl methyl sites for hydroxylation is 1. The number of halogens is 1. The first-order valence-corrected chi connectivity index (χ1v) is 9.16. The predicted octanol–water partition coefficient (Wildman–Crippen LogP) is 4.81. The zero-order chi connectivity index (χ0) is 18.8. The van der Waals surface area contributed by atoms with E-state index in [0.717, 1.165) is 58.1 Å². The number of methoxy groups -OCH3 is 1. The molecule has 2 heterocycles. The number of H-pyrrole nitrogens is 1. The third-order valence-electron chi connectivity index (χ3n) is 4.99. The van der Waals surface area contributed by atoms with Crippen molar-refractivity contribution in [2.45, 2.75) is 19.3 Å². The molecule has 27 heavy (non-hydrogen) atoms. The van der Waals surface area contributed by atoms with Gasteiger partial charge < -0.3 is 15.5 Å². The average molecular weight is 363 g/mol. The summed E-state index contributed by atoms with van der Waals surface area (Å²) in [6, 6.07) is 13.0. The van der Waals surface area contributed by atoms with Crippen molar-refractivity contribution in [1.29, 1.82) is 0 Å². The summed E-state index contributed by atoms with van der Waals surface area (Å²) in [5, 5.41) is 1.88. The average Bonchev–Trinajstić information content (AvgIpc) is 3.07.